The second kappa shape index (κ2) is 6.36. The van der Waals surface area contributed by atoms with Crippen LogP contribution in [0.15, 0.2) is 29.6 Å². The van der Waals surface area contributed by atoms with Crippen molar-refractivity contribution in [3.8, 4) is 10.6 Å². The highest BCUT2D eigenvalue weighted by Crippen LogP contribution is 2.32. The van der Waals surface area contributed by atoms with Crippen LogP contribution in [0.25, 0.3) is 10.6 Å². The molecule has 6 heteroatoms. The molecular weight excluding hydrogens is 324 g/mol. The summed E-state index contributed by atoms with van der Waals surface area (Å²) in [4.78, 5) is 28.3. The molecule has 1 aromatic carbocycles. The first-order valence-electron chi connectivity index (χ1n) is 7.86. The van der Waals surface area contributed by atoms with E-state index in [2.05, 4.69) is 10.3 Å². The molecular formula is C18H20N2O3S. The van der Waals surface area contributed by atoms with Crippen LogP contribution in [0.4, 0.5) is 0 Å². The fourth-order valence-electron chi connectivity index (χ4n) is 2.84. The molecule has 1 amide bonds. The van der Waals surface area contributed by atoms with Gasteiger partial charge < -0.3 is 10.1 Å². The number of cyclic esters (lactones) is 1. The molecule has 0 aliphatic carbocycles. The Kier molecular flexibility index (Phi) is 4.41. The molecule has 1 saturated heterocycles. The highest BCUT2D eigenvalue weighted by Gasteiger charge is 2.45. The second-order valence-corrected chi connectivity index (χ2v) is 7.40. The Morgan fingerprint density at radius 2 is 2.25 bits per heavy atom. The van der Waals surface area contributed by atoms with Gasteiger partial charge in [-0.1, -0.05) is 18.2 Å². The third-order valence-corrected chi connectivity index (χ3v) is 5.17. The average Bonchev–Trinajstić information content (AvgIpc) is 3.07. The Morgan fingerprint density at radius 3 is 2.88 bits per heavy atom. The minimum atomic E-state index is -0.749. The third-order valence-electron chi connectivity index (χ3n) is 4.16. The molecule has 2 heterocycles. The predicted octanol–water partition coefficient (Wildman–Crippen LogP) is 3.08. The molecule has 0 bridgehead atoms. The van der Waals surface area contributed by atoms with Crippen LogP contribution in [0.5, 0.6) is 0 Å². The van der Waals surface area contributed by atoms with Crippen LogP contribution >= 0.6 is 11.3 Å². The van der Waals surface area contributed by atoms with Crippen LogP contribution in [0.1, 0.15) is 31.5 Å². The molecule has 1 atom stereocenters. The van der Waals surface area contributed by atoms with Crippen molar-refractivity contribution < 1.29 is 14.3 Å². The van der Waals surface area contributed by atoms with Crippen molar-refractivity contribution in [3.63, 3.8) is 0 Å². The summed E-state index contributed by atoms with van der Waals surface area (Å²) in [5, 5.41) is 5.90. The number of ether oxygens (including phenoxy) is 1. The summed E-state index contributed by atoms with van der Waals surface area (Å²) in [7, 11) is 0. The van der Waals surface area contributed by atoms with E-state index < -0.39 is 11.5 Å². The van der Waals surface area contributed by atoms with Crippen molar-refractivity contribution >= 4 is 23.2 Å². The van der Waals surface area contributed by atoms with Crippen LogP contribution in [0.3, 0.4) is 0 Å². The van der Waals surface area contributed by atoms with Gasteiger partial charge in [-0.2, -0.15) is 0 Å². The maximum atomic E-state index is 12.4. The molecule has 0 saturated carbocycles. The van der Waals surface area contributed by atoms with Crippen molar-refractivity contribution in [2.75, 3.05) is 0 Å². The standard InChI is InChI=1S/C18H20N2O3S/c1-11-10-24-17(20-11)13-6-4-5-12(7-13)9-19-16(22)14-8-15(21)23-18(14,2)3/h4-7,10,14H,8-9H2,1-3H3,(H,19,22). The fourth-order valence-corrected chi connectivity index (χ4v) is 3.63. The highest BCUT2D eigenvalue weighted by atomic mass is 32.1. The summed E-state index contributed by atoms with van der Waals surface area (Å²) >= 11 is 1.60. The SMILES string of the molecule is Cc1csc(-c2cccc(CNC(=O)C3CC(=O)OC3(C)C)c2)n1. The van der Waals surface area contributed by atoms with Gasteiger partial charge in [-0.3, -0.25) is 9.59 Å². The lowest BCUT2D eigenvalue weighted by atomic mass is 9.90. The number of nitrogens with one attached hydrogen (secondary N) is 1. The quantitative estimate of drug-likeness (QED) is 0.866. The zero-order valence-corrected chi connectivity index (χ0v) is 14.8. The summed E-state index contributed by atoms with van der Waals surface area (Å²) in [6, 6.07) is 7.96. The van der Waals surface area contributed by atoms with Gasteiger partial charge in [0.2, 0.25) is 5.91 Å². The smallest absolute Gasteiger partial charge is 0.307 e. The number of amides is 1. The van der Waals surface area contributed by atoms with Crippen LogP contribution < -0.4 is 5.32 Å². The van der Waals surface area contributed by atoms with E-state index in [0.29, 0.717) is 6.54 Å². The topological polar surface area (TPSA) is 68.3 Å². The summed E-state index contributed by atoms with van der Waals surface area (Å²) in [6.07, 6.45) is 0.136. The van der Waals surface area contributed by atoms with Gasteiger partial charge in [0.1, 0.15) is 10.6 Å². The highest BCUT2D eigenvalue weighted by molar-refractivity contribution is 7.13. The monoisotopic (exact) mass is 344 g/mol. The number of thiazole rings is 1. The lowest BCUT2D eigenvalue weighted by molar-refractivity contribution is -0.147. The van der Waals surface area contributed by atoms with Gasteiger partial charge in [-0.05, 0) is 32.4 Å². The summed E-state index contributed by atoms with van der Waals surface area (Å²) in [6.45, 7) is 5.93. The number of benzene rings is 1. The minimum absolute atomic E-state index is 0.136. The normalized spacial score (nSPS) is 19.1. The maximum Gasteiger partial charge on any atom is 0.307 e. The lowest BCUT2D eigenvalue weighted by Crippen LogP contribution is -2.40. The van der Waals surface area contributed by atoms with Crippen molar-refractivity contribution in [1.82, 2.24) is 10.3 Å². The van der Waals surface area contributed by atoms with E-state index in [1.54, 1.807) is 25.2 Å². The number of rotatable bonds is 4. The molecule has 1 unspecified atom stereocenters. The Bertz CT molecular complexity index is 782. The van der Waals surface area contributed by atoms with Crippen LogP contribution in [-0.4, -0.2) is 22.5 Å². The largest absolute Gasteiger partial charge is 0.459 e. The number of carbonyl (C=O) groups is 2. The van der Waals surface area contributed by atoms with Crippen LogP contribution in [-0.2, 0) is 20.9 Å². The number of hydrogen-bond acceptors (Lipinski definition) is 5. The molecule has 24 heavy (non-hydrogen) atoms. The third kappa shape index (κ3) is 3.48. The molecule has 0 spiro atoms. The van der Waals surface area contributed by atoms with Crippen molar-refractivity contribution in [2.24, 2.45) is 5.92 Å². The first-order chi connectivity index (χ1) is 11.3. The second-order valence-electron chi connectivity index (χ2n) is 6.55. The number of carbonyl (C=O) groups excluding carboxylic acids is 2. The van der Waals surface area contributed by atoms with E-state index in [1.807, 2.05) is 36.6 Å². The van der Waals surface area contributed by atoms with E-state index in [1.165, 1.54) is 0 Å². The van der Waals surface area contributed by atoms with E-state index in [4.69, 9.17) is 4.74 Å². The Morgan fingerprint density at radius 1 is 1.46 bits per heavy atom. The first kappa shape index (κ1) is 16.6. The van der Waals surface area contributed by atoms with Gasteiger partial charge in [-0.25, -0.2) is 4.98 Å². The summed E-state index contributed by atoms with van der Waals surface area (Å²) < 4.78 is 5.21. The van der Waals surface area contributed by atoms with Gasteiger partial charge in [0.25, 0.3) is 0 Å². The van der Waals surface area contributed by atoms with Crippen molar-refractivity contribution in [2.45, 2.75) is 39.3 Å². The number of hydrogen-bond donors (Lipinski definition) is 1. The van der Waals surface area contributed by atoms with E-state index in [-0.39, 0.29) is 18.3 Å². The zero-order valence-electron chi connectivity index (χ0n) is 14.0. The molecule has 1 fully saturated rings. The first-order valence-corrected chi connectivity index (χ1v) is 8.74. The van der Waals surface area contributed by atoms with Crippen LogP contribution in [0, 0.1) is 12.8 Å². The van der Waals surface area contributed by atoms with Crippen molar-refractivity contribution in [1.29, 1.82) is 0 Å². The molecule has 5 nitrogen and oxygen atoms in total. The Labute approximate surface area is 145 Å². The van der Waals surface area contributed by atoms with Gasteiger partial charge >= 0.3 is 5.97 Å². The molecule has 1 N–H and O–H groups in total. The fraction of sp³-hybridized carbons (Fsp3) is 0.389. The average molecular weight is 344 g/mol. The molecule has 1 aliphatic rings. The molecule has 1 aromatic heterocycles. The number of nitrogens with zero attached hydrogens (tertiary/aromatic N) is 1. The lowest BCUT2D eigenvalue weighted by Gasteiger charge is -2.23. The number of aryl methyl sites for hydroxylation is 1. The van der Waals surface area contributed by atoms with Crippen molar-refractivity contribution in [3.05, 3.63) is 40.9 Å². The zero-order chi connectivity index (χ0) is 17.3. The minimum Gasteiger partial charge on any atom is -0.459 e. The number of esters is 1. The van der Waals surface area contributed by atoms with E-state index >= 15 is 0 Å². The summed E-state index contributed by atoms with van der Waals surface area (Å²) in [5.74, 6) is -0.919. The van der Waals surface area contributed by atoms with Gasteiger partial charge in [-0.15, -0.1) is 11.3 Å². The molecule has 0 radical (unpaired) electrons. The van der Waals surface area contributed by atoms with Crippen LogP contribution in [0.2, 0.25) is 0 Å². The van der Waals surface area contributed by atoms with Gasteiger partial charge in [0.15, 0.2) is 0 Å². The Hall–Kier alpha value is -2.21. The van der Waals surface area contributed by atoms with E-state index in [0.717, 1.165) is 21.8 Å². The molecule has 126 valence electrons. The summed E-state index contributed by atoms with van der Waals surface area (Å²) in [5.41, 5.74) is 2.29. The van der Waals surface area contributed by atoms with E-state index in [9.17, 15) is 9.59 Å². The Balaban J connectivity index is 1.67. The van der Waals surface area contributed by atoms with Gasteiger partial charge in [0.05, 0.1) is 12.3 Å². The van der Waals surface area contributed by atoms with Gasteiger partial charge in [0, 0.05) is 23.2 Å². The number of aromatic nitrogens is 1. The maximum absolute atomic E-state index is 12.4. The molecule has 3 rings (SSSR count). The molecule has 2 aromatic rings. The predicted molar refractivity (Wildman–Crippen MR) is 92.4 cm³/mol. The molecule has 1 aliphatic heterocycles.